The van der Waals surface area contributed by atoms with Gasteiger partial charge < -0.3 is 14.3 Å². The van der Waals surface area contributed by atoms with Crippen LogP contribution < -0.4 is 4.74 Å². The predicted molar refractivity (Wildman–Crippen MR) is 74.3 cm³/mol. The largest absolute Gasteiger partial charge is 0.466 e. The molecule has 1 atom stereocenters. The Balaban J connectivity index is 2.74. The van der Waals surface area contributed by atoms with E-state index in [0.29, 0.717) is 0 Å². The first kappa shape index (κ1) is 15.1. The van der Waals surface area contributed by atoms with Crippen LogP contribution in [0.4, 0.5) is 0 Å². The van der Waals surface area contributed by atoms with Crippen molar-refractivity contribution in [3.63, 3.8) is 0 Å². The Hall–Kier alpha value is -1.00. The minimum atomic E-state index is 0.103. The van der Waals surface area contributed by atoms with Gasteiger partial charge in [-0.1, -0.05) is 19.1 Å². The number of thioether (sulfide) groups is 1. The highest BCUT2D eigenvalue weighted by Crippen LogP contribution is 2.33. The van der Waals surface area contributed by atoms with E-state index in [2.05, 4.69) is 0 Å². The van der Waals surface area contributed by atoms with Crippen molar-refractivity contribution in [2.45, 2.75) is 25.2 Å². The lowest BCUT2D eigenvalue weighted by Crippen LogP contribution is -2.05. The van der Waals surface area contributed by atoms with E-state index in [9.17, 15) is 4.79 Å². The lowest BCUT2D eigenvalue weighted by molar-refractivity contribution is -0.110. The summed E-state index contributed by atoms with van der Waals surface area (Å²) in [6.07, 6.45) is 1.90. The lowest BCUT2D eigenvalue weighted by atomic mass is 10.1. The summed E-state index contributed by atoms with van der Waals surface area (Å²) < 4.78 is 10.5. The normalized spacial score (nSPS) is 12.2. The molecule has 0 heterocycles. The van der Waals surface area contributed by atoms with Gasteiger partial charge in [0.1, 0.15) is 12.0 Å². The molecule has 0 aliphatic rings. The molecular weight excluding hydrogens is 248 g/mol. The third-order valence-corrected chi connectivity index (χ3v) is 3.89. The maximum absolute atomic E-state index is 10.8. The van der Waals surface area contributed by atoms with Gasteiger partial charge in [0.2, 0.25) is 0 Å². The summed E-state index contributed by atoms with van der Waals surface area (Å²) in [5.41, 5.74) is 1.08. The molecular formula is C14H20O3S. The maximum atomic E-state index is 10.8. The van der Waals surface area contributed by atoms with Crippen LogP contribution in [0.2, 0.25) is 0 Å². The van der Waals surface area contributed by atoms with Gasteiger partial charge >= 0.3 is 0 Å². The van der Waals surface area contributed by atoms with Gasteiger partial charge in [-0.05, 0) is 25.0 Å². The predicted octanol–water partition coefficient (Wildman–Crippen LogP) is 3.29. The van der Waals surface area contributed by atoms with E-state index in [4.69, 9.17) is 9.47 Å². The molecule has 4 heteroatoms. The SMILES string of the molecule is CC[C@@H](C=O)CSc1cccc(C)c1OCOC. The van der Waals surface area contributed by atoms with Crippen molar-refractivity contribution in [2.24, 2.45) is 5.92 Å². The topological polar surface area (TPSA) is 35.5 Å². The number of methoxy groups -OCH3 is 1. The van der Waals surface area contributed by atoms with Crippen molar-refractivity contribution < 1.29 is 14.3 Å². The second-order valence-corrected chi connectivity index (χ2v) is 5.13. The fraction of sp³-hybridized carbons (Fsp3) is 0.500. The van der Waals surface area contributed by atoms with Crippen LogP contribution in [-0.2, 0) is 9.53 Å². The lowest BCUT2D eigenvalue weighted by Gasteiger charge is -2.14. The minimum Gasteiger partial charge on any atom is -0.466 e. The Morgan fingerprint density at radius 2 is 2.22 bits per heavy atom. The average molecular weight is 268 g/mol. The number of carbonyl (C=O) groups excluding carboxylic acids is 1. The van der Waals surface area contributed by atoms with Gasteiger partial charge in [0, 0.05) is 23.7 Å². The van der Waals surface area contributed by atoms with Crippen molar-refractivity contribution in [1.29, 1.82) is 0 Å². The molecule has 18 heavy (non-hydrogen) atoms. The monoisotopic (exact) mass is 268 g/mol. The van der Waals surface area contributed by atoms with Crippen LogP contribution in [0.1, 0.15) is 18.9 Å². The average Bonchev–Trinajstić information content (AvgIpc) is 2.39. The summed E-state index contributed by atoms with van der Waals surface area (Å²) >= 11 is 1.66. The standard InChI is InChI=1S/C14H20O3S/c1-4-12(8-15)9-18-13-7-5-6-11(2)14(13)17-10-16-3/h5-8,12H,4,9-10H2,1-3H3/t12-/m0/s1. The molecule has 0 spiro atoms. The highest BCUT2D eigenvalue weighted by atomic mass is 32.2. The van der Waals surface area contributed by atoms with Gasteiger partial charge in [0.15, 0.2) is 6.79 Å². The molecule has 3 nitrogen and oxygen atoms in total. The van der Waals surface area contributed by atoms with Gasteiger partial charge in [-0.25, -0.2) is 0 Å². The Morgan fingerprint density at radius 3 is 2.83 bits per heavy atom. The number of rotatable bonds is 8. The molecule has 0 saturated carbocycles. The highest BCUT2D eigenvalue weighted by molar-refractivity contribution is 7.99. The Bertz CT molecular complexity index is 379. The van der Waals surface area contributed by atoms with Crippen LogP contribution in [-0.4, -0.2) is 25.9 Å². The molecule has 0 saturated heterocycles. The number of aryl methyl sites for hydroxylation is 1. The number of hydrogen-bond acceptors (Lipinski definition) is 4. The zero-order valence-corrected chi connectivity index (χ0v) is 12.0. The quantitative estimate of drug-likeness (QED) is 0.412. The number of hydrogen-bond donors (Lipinski definition) is 0. The van der Waals surface area contributed by atoms with Crippen LogP contribution in [0.25, 0.3) is 0 Å². The molecule has 1 aromatic rings. The van der Waals surface area contributed by atoms with Gasteiger partial charge in [-0.2, -0.15) is 0 Å². The summed E-state index contributed by atoms with van der Waals surface area (Å²) in [7, 11) is 1.60. The Morgan fingerprint density at radius 1 is 1.44 bits per heavy atom. The molecule has 0 aliphatic carbocycles. The van der Waals surface area contributed by atoms with E-state index in [1.807, 2.05) is 32.0 Å². The zero-order chi connectivity index (χ0) is 13.4. The van der Waals surface area contributed by atoms with E-state index >= 15 is 0 Å². The van der Waals surface area contributed by atoms with E-state index < -0.39 is 0 Å². The summed E-state index contributed by atoms with van der Waals surface area (Å²) in [4.78, 5) is 11.9. The first-order valence-corrected chi connectivity index (χ1v) is 7.00. The second-order valence-electron chi connectivity index (χ2n) is 4.07. The van der Waals surface area contributed by atoms with Crippen molar-refractivity contribution >= 4 is 18.0 Å². The van der Waals surface area contributed by atoms with Gasteiger partial charge in [-0.3, -0.25) is 0 Å². The van der Waals surface area contributed by atoms with E-state index in [0.717, 1.165) is 34.7 Å². The molecule has 0 fully saturated rings. The van der Waals surface area contributed by atoms with Crippen molar-refractivity contribution in [1.82, 2.24) is 0 Å². The van der Waals surface area contributed by atoms with Crippen molar-refractivity contribution in [3.8, 4) is 5.75 Å². The second kappa shape index (κ2) is 8.16. The summed E-state index contributed by atoms with van der Waals surface area (Å²) in [5.74, 6) is 1.74. The number of para-hydroxylation sites is 1. The Labute approximate surface area is 113 Å². The van der Waals surface area contributed by atoms with Crippen LogP contribution in [0, 0.1) is 12.8 Å². The molecule has 0 radical (unpaired) electrons. The van der Waals surface area contributed by atoms with Crippen LogP contribution in [0.3, 0.4) is 0 Å². The molecule has 1 rings (SSSR count). The zero-order valence-electron chi connectivity index (χ0n) is 11.1. The molecule has 0 N–H and O–H groups in total. The van der Waals surface area contributed by atoms with E-state index in [1.54, 1.807) is 18.9 Å². The fourth-order valence-electron chi connectivity index (χ4n) is 1.49. The van der Waals surface area contributed by atoms with Crippen LogP contribution in [0.15, 0.2) is 23.1 Å². The smallest absolute Gasteiger partial charge is 0.188 e. The molecule has 0 unspecified atom stereocenters. The number of benzene rings is 1. The molecule has 0 aromatic heterocycles. The Kier molecular flexibility index (Phi) is 6.83. The molecule has 0 amide bonds. The molecule has 0 aliphatic heterocycles. The number of aldehydes is 1. The maximum Gasteiger partial charge on any atom is 0.188 e. The summed E-state index contributed by atoms with van der Waals surface area (Å²) in [6.45, 7) is 4.27. The summed E-state index contributed by atoms with van der Waals surface area (Å²) in [6, 6.07) is 6.02. The third-order valence-electron chi connectivity index (χ3n) is 2.67. The molecule has 0 bridgehead atoms. The molecule has 100 valence electrons. The van der Waals surface area contributed by atoms with Crippen molar-refractivity contribution in [3.05, 3.63) is 23.8 Å². The van der Waals surface area contributed by atoms with Crippen LogP contribution >= 0.6 is 11.8 Å². The molecule has 1 aromatic carbocycles. The summed E-state index contributed by atoms with van der Waals surface area (Å²) in [5, 5.41) is 0. The fourth-order valence-corrected chi connectivity index (χ4v) is 2.73. The minimum absolute atomic E-state index is 0.103. The van der Waals surface area contributed by atoms with E-state index in [1.165, 1.54) is 0 Å². The van der Waals surface area contributed by atoms with Crippen molar-refractivity contribution in [2.75, 3.05) is 19.7 Å². The number of carbonyl (C=O) groups is 1. The highest BCUT2D eigenvalue weighted by Gasteiger charge is 2.10. The van der Waals surface area contributed by atoms with Crippen LogP contribution in [0.5, 0.6) is 5.75 Å². The first-order chi connectivity index (χ1) is 8.72. The van der Waals surface area contributed by atoms with Gasteiger partial charge in [-0.15, -0.1) is 11.8 Å². The van der Waals surface area contributed by atoms with Gasteiger partial charge in [0.05, 0.1) is 0 Å². The number of ether oxygens (including phenoxy) is 2. The first-order valence-electron chi connectivity index (χ1n) is 6.02. The van der Waals surface area contributed by atoms with Gasteiger partial charge in [0.25, 0.3) is 0 Å². The third kappa shape index (κ3) is 4.35. The van der Waals surface area contributed by atoms with E-state index in [-0.39, 0.29) is 12.7 Å².